The van der Waals surface area contributed by atoms with Crippen LogP contribution in [0.3, 0.4) is 0 Å². The molecule has 0 radical (unpaired) electrons. The number of amides is 1. The lowest BCUT2D eigenvalue weighted by molar-refractivity contribution is -0.126. The molecule has 4 nitrogen and oxygen atoms in total. The predicted octanol–water partition coefficient (Wildman–Crippen LogP) is 2.26. The molecule has 1 fully saturated rings. The SMILES string of the molecule is C=CCc1ccccc1OCC#CCNC(=O)C1CCCN(C)C1. The van der Waals surface area contributed by atoms with Crippen molar-refractivity contribution in [2.24, 2.45) is 5.92 Å². The molecule has 1 unspecified atom stereocenters. The Morgan fingerprint density at radius 3 is 3.08 bits per heavy atom. The number of piperidine rings is 1. The third-order valence-electron chi connectivity index (χ3n) is 4.11. The molecule has 2 rings (SSSR count). The van der Waals surface area contributed by atoms with Crippen LogP contribution in [0.2, 0.25) is 0 Å². The first kappa shape index (κ1) is 18.1. The lowest BCUT2D eigenvalue weighted by atomic mass is 9.98. The van der Waals surface area contributed by atoms with E-state index in [1.54, 1.807) is 0 Å². The summed E-state index contributed by atoms with van der Waals surface area (Å²) < 4.78 is 5.69. The van der Waals surface area contributed by atoms with Gasteiger partial charge in [0, 0.05) is 6.54 Å². The van der Waals surface area contributed by atoms with Crippen molar-refractivity contribution in [2.45, 2.75) is 19.3 Å². The van der Waals surface area contributed by atoms with Crippen LogP contribution in [0, 0.1) is 17.8 Å². The van der Waals surface area contributed by atoms with Crippen LogP contribution in [0.15, 0.2) is 36.9 Å². The number of carbonyl (C=O) groups excluding carboxylic acids is 1. The van der Waals surface area contributed by atoms with Crippen molar-refractivity contribution in [1.29, 1.82) is 0 Å². The molecule has 1 aliphatic heterocycles. The number of nitrogens with zero attached hydrogens (tertiary/aromatic N) is 1. The molecule has 0 saturated carbocycles. The fraction of sp³-hybridized carbons (Fsp3) is 0.450. The zero-order valence-corrected chi connectivity index (χ0v) is 14.4. The molecule has 0 aliphatic carbocycles. The second-order valence-electron chi connectivity index (χ2n) is 6.06. The highest BCUT2D eigenvalue weighted by atomic mass is 16.5. The van der Waals surface area contributed by atoms with E-state index >= 15 is 0 Å². The number of benzene rings is 1. The smallest absolute Gasteiger partial charge is 0.225 e. The van der Waals surface area contributed by atoms with Gasteiger partial charge in [0.1, 0.15) is 12.4 Å². The first-order valence-electron chi connectivity index (χ1n) is 8.44. The standard InChI is InChI=1S/C20H26N2O2/c1-3-9-17-10-4-5-12-19(17)24-15-7-6-13-21-20(23)18-11-8-14-22(2)16-18/h3-5,10,12,18H,1,8-9,11,13-16H2,2H3,(H,21,23). The van der Waals surface area contributed by atoms with Gasteiger partial charge >= 0.3 is 0 Å². The summed E-state index contributed by atoms with van der Waals surface area (Å²) in [5.41, 5.74) is 1.10. The quantitative estimate of drug-likeness (QED) is 0.644. The summed E-state index contributed by atoms with van der Waals surface area (Å²) in [6, 6.07) is 7.88. The number of carbonyl (C=O) groups is 1. The van der Waals surface area contributed by atoms with Crippen molar-refractivity contribution in [3.8, 4) is 17.6 Å². The Morgan fingerprint density at radius 1 is 1.46 bits per heavy atom. The van der Waals surface area contributed by atoms with E-state index < -0.39 is 0 Å². The molecular weight excluding hydrogens is 300 g/mol. The van der Waals surface area contributed by atoms with E-state index in [9.17, 15) is 4.79 Å². The molecule has 1 aliphatic rings. The van der Waals surface area contributed by atoms with Gasteiger partial charge in [-0.05, 0) is 44.5 Å². The molecule has 24 heavy (non-hydrogen) atoms. The first-order valence-corrected chi connectivity index (χ1v) is 8.44. The Balaban J connectivity index is 1.71. The van der Waals surface area contributed by atoms with E-state index in [4.69, 9.17) is 4.74 Å². The van der Waals surface area contributed by atoms with E-state index in [1.165, 1.54) is 0 Å². The van der Waals surface area contributed by atoms with Gasteiger partial charge in [0.15, 0.2) is 0 Å². The highest BCUT2D eigenvalue weighted by molar-refractivity contribution is 5.79. The number of rotatable bonds is 6. The molecular formula is C20H26N2O2. The normalized spacial score (nSPS) is 17.5. The third kappa shape index (κ3) is 5.75. The van der Waals surface area contributed by atoms with E-state index in [2.05, 4.69) is 35.7 Å². The second-order valence-corrected chi connectivity index (χ2v) is 6.06. The van der Waals surface area contributed by atoms with Crippen LogP contribution in [0.5, 0.6) is 5.75 Å². The van der Waals surface area contributed by atoms with Gasteiger partial charge in [-0.3, -0.25) is 4.79 Å². The van der Waals surface area contributed by atoms with Gasteiger partial charge in [-0.25, -0.2) is 0 Å². The molecule has 1 aromatic carbocycles. The number of likely N-dealkylation sites (tertiary alicyclic amines) is 1. The summed E-state index contributed by atoms with van der Waals surface area (Å²) in [5, 5.41) is 2.90. The van der Waals surface area contributed by atoms with Crippen molar-refractivity contribution in [3.63, 3.8) is 0 Å². The monoisotopic (exact) mass is 326 g/mol. The highest BCUT2D eigenvalue weighted by Gasteiger charge is 2.23. The maximum atomic E-state index is 12.1. The third-order valence-corrected chi connectivity index (χ3v) is 4.11. The lowest BCUT2D eigenvalue weighted by Gasteiger charge is -2.28. The topological polar surface area (TPSA) is 41.6 Å². The Bertz CT molecular complexity index is 616. The molecule has 1 aromatic rings. The van der Waals surface area contributed by atoms with E-state index in [-0.39, 0.29) is 11.8 Å². The molecule has 0 aromatic heterocycles. The number of ether oxygens (including phenoxy) is 1. The Morgan fingerprint density at radius 2 is 2.29 bits per heavy atom. The van der Waals surface area contributed by atoms with Gasteiger partial charge in [0.2, 0.25) is 5.91 Å². The van der Waals surface area contributed by atoms with Gasteiger partial charge in [-0.1, -0.05) is 36.1 Å². The maximum absolute atomic E-state index is 12.1. The summed E-state index contributed by atoms with van der Waals surface area (Å²) >= 11 is 0. The number of allylic oxidation sites excluding steroid dienone is 1. The number of para-hydroxylation sites is 1. The Kier molecular flexibility index (Phi) is 7.38. The molecule has 4 heteroatoms. The minimum atomic E-state index is 0.0904. The van der Waals surface area contributed by atoms with Crippen molar-refractivity contribution in [1.82, 2.24) is 10.2 Å². The number of nitrogens with one attached hydrogen (secondary N) is 1. The highest BCUT2D eigenvalue weighted by Crippen LogP contribution is 2.18. The van der Waals surface area contributed by atoms with Gasteiger partial charge < -0.3 is 15.0 Å². The van der Waals surface area contributed by atoms with Crippen LogP contribution in [0.25, 0.3) is 0 Å². The van der Waals surface area contributed by atoms with Crippen LogP contribution in [-0.2, 0) is 11.2 Å². The molecule has 1 heterocycles. The average Bonchev–Trinajstić information content (AvgIpc) is 2.59. The van der Waals surface area contributed by atoms with Crippen LogP contribution in [0.1, 0.15) is 18.4 Å². The van der Waals surface area contributed by atoms with Crippen molar-refractivity contribution in [2.75, 3.05) is 33.3 Å². The molecule has 1 N–H and O–H groups in total. The molecule has 1 atom stereocenters. The second kappa shape index (κ2) is 9.79. The lowest BCUT2D eigenvalue weighted by Crippen LogP contribution is -2.41. The van der Waals surface area contributed by atoms with Gasteiger partial charge in [-0.15, -0.1) is 6.58 Å². The predicted molar refractivity (Wildman–Crippen MR) is 96.8 cm³/mol. The molecule has 1 amide bonds. The Labute approximate surface area is 144 Å². The molecule has 0 bridgehead atoms. The average molecular weight is 326 g/mol. The van der Waals surface area contributed by atoms with E-state index in [0.29, 0.717) is 13.2 Å². The van der Waals surface area contributed by atoms with E-state index in [0.717, 1.165) is 43.7 Å². The van der Waals surface area contributed by atoms with Crippen LogP contribution in [0.4, 0.5) is 0 Å². The fourth-order valence-corrected chi connectivity index (χ4v) is 2.85. The van der Waals surface area contributed by atoms with Gasteiger partial charge in [0.05, 0.1) is 12.5 Å². The maximum Gasteiger partial charge on any atom is 0.225 e. The zero-order chi connectivity index (χ0) is 17.2. The molecule has 0 spiro atoms. The van der Waals surface area contributed by atoms with E-state index in [1.807, 2.05) is 30.3 Å². The summed E-state index contributed by atoms with van der Waals surface area (Å²) in [6.07, 6.45) is 4.67. The van der Waals surface area contributed by atoms with Gasteiger partial charge in [-0.2, -0.15) is 0 Å². The minimum absolute atomic E-state index is 0.0904. The molecule has 1 saturated heterocycles. The van der Waals surface area contributed by atoms with Crippen molar-refractivity contribution in [3.05, 3.63) is 42.5 Å². The van der Waals surface area contributed by atoms with Crippen LogP contribution in [-0.4, -0.2) is 44.1 Å². The zero-order valence-electron chi connectivity index (χ0n) is 14.4. The largest absolute Gasteiger partial charge is 0.481 e. The number of hydrogen-bond donors (Lipinski definition) is 1. The Hall–Kier alpha value is -2.25. The van der Waals surface area contributed by atoms with Crippen molar-refractivity contribution < 1.29 is 9.53 Å². The van der Waals surface area contributed by atoms with Crippen molar-refractivity contribution >= 4 is 5.91 Å². The minimum Gasteiger partial charge on any atom is -0.481 e. The van der Waals surface area contributed by atoms with Crippen LogP contribution >= 0.6 is 0 Å². The summed E-state index contributed by atoms with van der Waals surface area (Å²) in [4.78, 5) is 14.3. The summed E-state index contributed by atoms with van der Waals surface area (Å²) in [7, 11) is 2.06. The van der Waals surface area contributed by atoms with Crippen LogP contribution < -0.4 is 10.1 Å². The number of hydrogen-bond acceptors (Lipinski definition) is 3. The molecule has 128 valence electrons. The summed E-state index contributed by atoms with van der Waals surface area (Å²) in [6.45, 7) is 6.35. The first-order chi connectivity index (χ1) is 11.7. The fourth-order valence-electron chi connectivity index (χ4n) is 2.85. The summed E-state index contributed by atoms with van der Waals surface area (Å²) in [5.74, 6) is 6.92. The van der Waals surface area contributed by atoms with Gasteiger partial charge in [0.25, 0.3) is 0 Å².